The first-order valence-corrected chi connectivity index (χ1v) is 10.0. The lowest BCUT2D eigenvalue weighted by molar-refractivity contribution is 0.114. The Kier molecular flexibility index (Phi) is 19.5. The van der Waals surface area contributed by atoms with Crippen LogP contribution in [-0.2, 0) is 9.31 Å². The Balaban J connectivity index is 0. The number of rotatable bonds is 5. The predicted molar refractivity (Wildman–Crippen MR) is 133 cm³/mol. The normalized spacial score (nSPS) is 15.3. The van der Waals surface area contributed by atoms with E-state index in [9.17, 15) is 0 Å². The van der Waals surface area contributed by atoms with Crippen LogP contribution < -0.4 is 10.9 Å². The molecule has 6 nitrogen and oxygen atoms in total. The predicted octanol–water partition coefficient (Wildman–Crippen LogP) is 0.635. The van der Waals surface area contributed by atoms with Crippen molar-refractivity contribution in [2.24, 2.45) is 0 Å². The van der Waals surface area contributed by atoms with Gasteiger partial charge < -0.3 is 29.6 Å². The van der Waals surface area contributed by atoms with Crippen molar-refractivity contribution in [1.29, 1.82) is 0 Å². The highest BCUT2D eigenvalue weighted by Gasteiger charge is 2.31. The van der Waals surface area contributed by atoms with Crippen molar-refractivity contribution in [3.8, 4) is 0 Å². The zero-order chi connectivity index (χ0) is 20.8. The average molecular weight is 456 g/mol. The van der Waals surface area contributed by atoms with Gasteiger partial charge in [-0.05, 0) is 10.9 Å². The molecule has 1 saturated heterocycles. The fraction of sp³-hybridized carbons (Fsp3) is 0.400. The summed E-state index contributed by atoms with van der Waals surface area (Å²) >= 11 is 7.85. The van der Waals surface area contributed by atoms with Gasteiger partial charge in [-0.3, -0.25) is 0 Å². The largest absolute Gasteiger partial charge is 0.494 e. The van der Waals surface area contributed by atoms with E-state index >= 15 is 0 Å². The highest BCUT2D eigenvalue weighted by Crippen LogP contribution is 2.09. The highest BCUT2D eigenvalue weighted by atomic mass is 32.1. The molecule has 2 aromatic rings. The van der Waals surface area contributed by atoms with Crippen LogP contribution in [0, 0.1) is 0 Å². The van der Waals surface area contributed by atoms with Crippen LogP contribution in [0.5, 0.6) is 0 Å². The van der Waals surface area contributed by atoms with Crippen molar-refractivity contribution in [3.05, 3.63) is 60.7 Å². The summed E-state index contributed by atoms with van der Waals surface area (Å²) in [5.41, 5.74) is 1.60. The van der Waals surface area contributed by atoms with Crippen molar-refractivity contribution in [2.45, 2.75) is 27.1 Å². The Hall–Kier alpha value is -0.970. The van der Waals surface area contributed by atoms with Crippen molar-refractivity contribution in [2.75, 3.05) is 24.7 Å². The monoisotopic (exact) mass is 456 g/mol. The molecule has 0 radical (unpaired) electrons. The van der Waals surface area contributed by atoms with E-state index in [1.165, 1.54) is 0 Å². The van der Waals surface area contributed by atoms with E-state index in [4.69, 9.17) is 29.6 Å². The van der Waals surface area contributed by atoms with Crippen LogP contribution in [-0.4, -0.2) is 71.4 Å². The highest BCUT2D eigenvalue weighted by molar-refractivity contribution is 7.80. The Morgan fingerprint density at radius 1 is 1.00 bits per heavy atom. The molecule has 0 aromatic heterocycles. The molecule has 2 atom stereocenters. The summed E-state index contributed by atoms with van der Waals surface area (Å²) in [7, 11) is -1.54. The molecular formula is C20H34B2O6S2. The SMILES string of the molecule is C.C.OB(O)c1ccccc1.OCC(O)CS.SCC1COB(c2ccccc2)O1. The third-order valence-electron chi connectivity index (χ3n) is 3.54. The molecule has 2 unspecified atom stereocenters. The van der Waals surface area contributed by atoms with Crippen LogP contribution >= 0.6 is 25.3 Å². The van der Waals surface area contributed by atoms with E-state index in [1.807, 2.05) is 36.4 Å². The van der Waals surface area contributed by atoms with Crippen LogP contribution in [0.3, 0.4) is 0 Å². The van der Waals surface area contributed by atoms with Gasteiger partial charge in [0, 0.05) is 11.5 Å². The van der Waals surface area contributed by atoms with E-state index in [1.54, 1.807) is 24.3 Å². The minimum absolute atomic E-state index is 0. The van der Waals surface area contributed by atoms with Crippen LogP contribution in [0.25, 0.3) is 0 Å². The van der Waals surface area contributed by atoms with Gasteiger partial charge in [0.2, 0.25) is 0 Å². The number of thiol groups is 2. The van der Waals surface area contributed by atoms with Crippen molar-refractivity contribution >= 4 is 50.4 Å². The first kappa shape index (κ1) is 31.2. The van der Waals surface area contributed by atoms with Gasteiger partial charge in [0.25, 0.3) is 0 Å². The van der Waals surface area contributed by atoms with Crippen LogP contribution in [0.4, 0.5) is 0 Å². The zero-order valence-corrected chi connectivity index (χ0v) is 17.2. The Labute approximate surface area is 192 Å². The molecule has 30 heavy (non-hydrogen) atoms. The van der Waals surface area contributed by atoms with Gasteiger partial charge in [-0.15, -0.1) is 0 Å². The second-order valence-electron chi connectivity index (χ2n) is 5.82. The maximum Gasteiger partial charge on any atom is 0.494 e. The molecule has 1 heterocycles. The Morgan fingerprint density at radius 2 is 1.53 bits per heavy atom. The van der Waals surface area contributed by atoms with Gasteiger partial charge in [0.1, 0.15) is 0 Å². The smallest absolute Gasteiger partial charge is 0.423 e. The summed E-state index contributed by atoms with van der Waals surface area (Å²) in [6, 6.07) is 18.6. The Bertz CT molecular complexity index is 621. The number of hydrogen-bond donors (Lipinski definition) is 6. The summed E-state index contributed by atoms with van der Waals surface area (Å²) < 4.78 is 11.1. The Morgan fingerprint density at radius 3 is 1.87 bits per heavy atom. The topological polar surface area (TPSA) is 99.4 Å². The lowest BCUT2D eigenvalue weighted by Gasteiger charge is -2.05. The third-order valence-corrected chi connectivity index (χ3v) is 4.37. The lowest BCUT2D eigenvalue weighted by atomic mass is 9.80. The summed E-state index contributed by atoms with van der Waals surface area (Å²) in [5.74, 6) is 1.04. The number of hydrogen-bond acceptors (Lipinski definition) is 8. The van der Waals surface area contributed by atoms with Gasteiger partial charge in [0.15, 0.2) is 0 Å². The van der Waals surface area contributed by atoms with E-state index in [0.717, 1.165) is 5.46 Å². The molecule has 168 valence electrons. The number of aliphatic hydroxyl groups is 2. The molecule has 0 amide bonds. The minimum atomic E-state index is -1.34. The van der Waals surface area contributed by atoms with Crippen molar-refractivity contribution in [1.82, 2.24) is 0 Å². The molecule has 0 aliphatic carbocycles. The number of benzene rings is 2. The molecule has 1 fully saturated rings. The van der Waals surface area contributed by atoms with E-state index in [2.05, 4.69) is 25.3 Å². The molecule has 1 aliphatic rings. The molecule has 10 heteroatoms. The van der Waals surface area contributed by atoms with Crippen LogP contribution in [0.2, 0.25) is 0 Å². The van der Waals surface area contributed by atoms with E-state index < -0.39 is 13.2 Å². The fourth-order valence-corrected chi connectivity index (χ4v) is 2.32. The molecule has 3 rings (SSSR count). The van der Waals surface area contributed by atoms with Gasteiger partial charge in [-0.25, -0.2) is 0 Å². The van der Waals surface area contributed by atoms with Crippen LogP contribution in [0.1, 0.15) is 14.9 Å². The molecule has 2 aromatic carbocycles. The van der Waals surface area contributed by atoms with Gasteiger partial charge >= 0.3 is 14.2 Å². The summed E-state index contributed by atoms with van der Waals surface area (Å²) in [6.07, 6.45) is -0.512. The first-order valence-electron chi connectivity index (χ1n) is 8.75. The quantitative estimate of drug-likeness (QED) is 0.292. The number of aliphatic hydroxyl groups excluding tert-OH is 2. The lowest BCUT2D eigenvalue weighted by Crippen LogP contribution is -2.32. The molecule has 1 aliphatic heterocycles. The van der Waals surface area contributed by atoms with Gasteiger partial charge in [-0.2, -0.15) is 25.3 Å². The van der Waals surface area contributed by atoms with Crippen LogP contribution in [0.15, 0.2) is 60.7 Å². The molecule has 0 spiro atoms. The van der Waals surface area contributed by atoms with Crippen molar-refractivity contribution < 1.29 is 29.6 Å². The average Bonchev–Trinajstić information content (AvgIpc) is 3.25. The maximum atomic E-state index is 8.58. The van der Waals surface area contributed by atoms with E-state index in [0.29, 0.717) is 23.6 Å². The van der Waals surface area contributed by atoms with Gasteiger partial charge in [0.05, 0.1) is 25.4 Å². The van der Waals surface area contributed by atoms with E-state index in [-0.39, 0.29) is 34.7 Å². The third kappa shape index (κ3) is 12.7. The maximum absolute atomic E-state index is 8.58. The first-order chi connectivity index (χ1) is 13.5. The second-order valence-corrected chi connectivity index (χ2v) is 6.55. The molecule has 4 N–H and O–H groups in total. The molecule has 0 saturated carbocycles. The zero-order valence-electron chi connectivity index (χ0n) is 15.4. The summed E-state index contributed by atoms with van der Waals surface area (Å²) in [6.45, 7) is 0.451. The second kappa shape index (κ2) is 18.8. The summed E-state index contributed by atoms with van der Waals surface area (Å²) in [5, 5.41) is 33.5. The van der Waals surface area contributed by atoms with Crippen molar-refractivity contribution in [3.63, 3.8) is 0 Å². The summed E-state index contributed by atoms with van der Waals surface area (Å²) in [4.78, 5) is 0. The van der Waals surface area contributed by atoms with Gasteiger partial charge in [-0.1, -0.05) is 75.5 Å². The molecule has 0 bridgehead atoms. The molecular weight excluding hydrogens is 422 g/mol. The standard InChI is InChI=1S/C9H11BO2S.C6H7BO2.C3H8O2S.2CH4/c13-7-9-6-11-10(12-9)8-4-2-1-3-5-8;8-7(9)6-4-2-1-3-5-6;4-1-3(5)2-6;;/h1-5,9,13H,6-7H2;1-5,8-9H;3-6H,1-2H2;2*1H4. The fourth-order valence-electron chi connectivity index (χ4n) is 2.01. The minimum Gasteiger partial charge on any atom is -0.423 e.